The van der Waals surface area contributed by atoms with Crippen molar-refractivity contribution in [2.45, 2.75) is 13.5 Å². The van der Waals surface area contributed by atoms with E-state index in [0.29, 0.717) is 13.2 Å². The van der Waals surface area contributed by atoms with E-state index in [1.807, 2.05) is 19.2 Å². The van der Waals surface area contributed by atoms with Crippen LogP contribution in [0.5, 0.6) is 0 Å². The van der Waals surface area contributed by atoms with Crippen molar-refractivity contribution in [2.24, 2.45) is 0 Å². The molecule has 0 aliphatic carbocycles. The summed E-state index contributed by atoms with van der Waals surface area (Å²) >= 11 is 7.42. The lowest BCUT2D eigenvalue weighted by Crippen LogP contribution is -2.17. The van der Waals surface area contributed by atoms with Gasteiger partial charge in [0.05, 0.1) is 10.9 Å². The van der Waals surface area contributed by atoms with Gasteiger partial charge in [-0.3, -0.25) is 4.90 Å². The Hall–Kier alpha value is -0.840. The zero-order chi connectivity index (χ0) is 12.7. The molecule has 17 heavy (non-hydrogen) atoms. The SMILES string of the molecule is CCOC(=O)/C=C/CN(C)Cc1ccc(Cl)s1. The van der Waals surface area contributed by atoms with Gasteiger partial charge in [0.15, 0.2) is 0 Å². The third-order valence-corrected chi connectivity index (χ3v) is 3.23. The minimum atomic E-state index is -0.292. The lowest BCUT2D eigenvalue weighted by molar-refractivity contribution is -0.137. The molecule has 5 heteroatoms. The molecule has 0 fully saturated rings. The third kappa shape index (κ3) is 5.86. The second kappa shape index (κ2) is 7.48. The van der Waals surface area contributed by atoms with E-state index in [4.69, 9.17) is 16.3 Å². The van der Waals surface area contributed by atoms with E-state index < -0.39 is 0 Å². The third-order valence-electron chi connectivity index (χ3n) is 2.01. The predicted octanol–water partition coefficient (Wildman–Crippen LogP) is 2.95. The average Bonchev–Trinajstić information content (AvgIpc) is 2.64. The minimum Gasteiger partial charge on any atom is -0.463 e. The van der Waals surface area contributed by atoms with Crippen LogP contribution in [0.15, 0.2) is 24.3 Å². The molecule has 0 bridgehead atoms. The molecule has 3 nitrogen and oxygen atoms in total. The predicted molar refractivity (Wildman–Crippen MR) is 71.4 cm³/mol. The van der Waals surface area contributed by atoms with Gasteiger partial charge in [-0.25, -0.2) is 4.79 Å². The van der Waals surface area contributed by atoms with Crippen LogP contribution in [-0.4, -0.2) is 31.1 Å². The van der Waals surface area contributed by atoms with Gasteiger partial charge in [0.2, 0.25) is 0 Å². The van der Waals surface area contributed by atoms with E-state index >= 15 is 0 Å². The molecular weight excluding hydrogens is 258 g/mol. The Morgan fingerprint density at radius 3 is 2.94 bits per heavy atom. The summed E-state index contributed by atoms with van der Waals surface area (Å²) in [4.78, 5) is 14.3. The molecule has 0 aliphatic heterocycles. The molecule has 0 atom stereocenters. The number of carbonyl (C=O) groups is 1. The maximum atomic E-state index is 11.0. The Bertz CT molecular complexity index is 390. The van der Waals surface area contributed by atoms with Crippen molar-refractivity contribution in [1.29, 1.82) is 0 Å². The summed E-state index contributed by atoms with van der Waals surface area (Å²) in [5.41, 5.74) is 0. The first-order valence-electron chi connectivity index (χ1n) is 5.38. The fourth-order valence-electron chi connectivity index (χ4n) is 1.29. The van der Waals surface area contributed by atoms with Crippen molar-refractivity contribution in [3.8, 4) is 0 Å². The fraction of sp³-hybridized carbons (Fsp3) is 0.417. The molecule has 0 radical (unpaired) electrons. The van der Waals surface area contributed by atoms with Crippen molar-refractivity contribution >= 4 is 28.9 Å². The van der Waals surface area contributed by atoms with Crippen molar-refractivity contribution < 1.29 is 9.53 Å². The molecule has 0 amide bonds. The number of likely N-dealkylation sites (N-methyl/N-ethyl adjacent to an activating group) is 1. The van der Waals surface area contributed by atoms with Crippen LogP contribution in [0.1, 0.15) is 11.8 Å². The summed E-state index contributed by atoms with van der Waals surface area (Å²) in [5, 5.41) is 0. The van der Waals surface area contributed by atoms with Crippen LogP contribution in [0, 0.1) is 0 Å². The second-order valence-corrected chi connectivity index (χ2v) is 5.36. The van der Waals surface area contributed by atoms with Crippen molar-refractivity contribution in [1.82, 2.24) is 4.90 Å². The molecule has 1 rings (SSSR count). The molecule has 0 saturated heterocycles. The largest absolute Gasteiger partial charge is 0.463 e. The van der Waals surface area contributed by atoms with E-state index in [-0.39, 0.29) is 5.97 Å². The van der Waals surface area contributed by atoms with Gasteiger partial charge >= 0.3 is 5.97 Å². The quantitative estimate of drug-likeness (QED) is 0.590. The van der Waals surface area contributed by atoms with Crippen molar-refractivity contribution in [2.75, 3.05) is 20.2 Å². The Kier molecular flexibility index (Phi) is 6.26. The second-order valence-electron chi connectivity index (χ2n) is 3.56. The smallest absolute Gasteiger partial charge is 0.330 e. The molecular formula is C12H16ClNO2S. The highest BCUT2D eigenvalue weighted by Gasteiger charge is 2.02. The van der Waals surface area contributed by atoms with Gasteiger partial charge in [-0.15, -0.1) is 11.3 Å². The number of esters is 1. The first kappa shape index (κ1) is 14.2. The van der Waals surface area contributed by atoms with Crippen LogP contribution in [-0.2, 0) is 16.1 Å². The van der Waals surface area contributed by atoms with E-state index in [0.717, 1.165) is 10.9 Å². The van der Waals surface area contributed by atoms with Crippen LogP contribution in [0.25, 0.3) is 0 Å². The maximum Gasteiger partial charge on any atom is 0.330 e. The Labute approximate surface area is 111 Å². The van der Waals surface area contributed by atoms with Gasteiger partial charge in [-0.1, -0.05) is 17.7 Å². The number of hydrogen-bond donors (Lipinski definition) is 0. The monoisotopic (exact) mass is 273 g/mol. The number of hydrogen-bond acceptors (Lipinski definition) is 4. The zero-order valence-corrected chi connectivity index (χ0v) is 11.6. The van der Waals surface area contributed by atoms with Gasteiger partial charge in [-0.05, 0) is 26.1 Å². The Morgan fingerprint density at radius 1 is 1.59 bits per heavy atom. The summed E-state index contributed by atoms with van der Waals surface area (Å²) in [5.74, 6) is -0.292. The maximum absolute atomic E-state index is 11.0. The molecule has 1 aromatic heterocycles. The topological polar surface area (TPSA) is 29.5 Å². The zero-order valence-electron chi connectivity index (χ0n) is 9.98. The van der Waals surface area contributed by atoms with Crippen molar-refractivity contribution in [3.05, 3.63) is 33.5 Å². The summed E-state index contributed by atoms with van der Waals surface area (Å²) < 4.78 is 5.59. The van der Waals surface area contributed by atoms with Crippen molar-refractivity contribution in [3.63, 3.8) is 0 Å². The molecule has 1 heterocycles. The molecule has 0 aromatic carbocycles. The summed E-state index contributed by atoms with van der Waals surface area (Å²) in [6, 6.07) is 3.91. The molecule has 0 aliphatic rings. The summed E-state index contributed by atoms with van der Waals surface area (Å²) in [7, 11) is 1.99. The van der Waals surface area contributed by atoms with Crippen LogP contribution in [0.4, 0.5) is 0 Å². The number of thiophene rings is 1. The minimum absolute atomic E-state index is 0.292. The highest BCUT2D eigenvalue weighted by molar-refractivity contribution is 7.16. The average molecular weight is 274 g/mol. The number of carbonyl (C=O) groups excluding carboxylic acids is 1. The molecule has 94 valence electrons. The first-order valence-corrected chi connectivity index (χ1v) is 6.57. The Morgan fingerprint density at radius 2 is 2.35 bits per heavy atom. The summed E-state index contributed by atoms with van der Waals surface area (Å²) in [6.07, 6.45) is 3.26. The molecule has 0 unspecified atom stereocenters. The lowest BCUT2D eigenvalue weighted by atomic mass is 10.4. The van der Waals surface area contributed by atoms with Gasteiger partial charge in [0.25, 0.3) is 0 Å². The number of ether oxygens (including phenoxy) is 1. The highest BCUT2D eigenvalue weighted by atomic mass is 35.5. The molecule has 0 spiro atoms. The van der Waals surface area contributed by atoms with E-state index in [1.165, 1.54) is 11.0 Å². The van der Waals surface area contributed by atoms with E-state index in [2.05, 4.69) is 4.90 Å². The van der Waals surface area contributed by atoms with E-state index in [9.17, 15) is 4.79 Å². The fourth-order valence-corrected chi connectivity index (χ4v) is 2.45. The van der Waals surface area contributed by atoms with Crippen LogP contribution in [0.3, 0.4) is 0 Å². The van der Waals surface area contributed by atoms with Crippen LogP contribution >= 0.6 is 22.9 Å². The van der Waals surface area contributed by atoms with Gasteiger partial charge in [0, 0.05) is 24.0 Å². The molecule has 1 aromatic rings. The Balaban J connectivity index is 2.30. The number of rotatable bonds is 6. The van der Waals surface area contributed by atoms with Crippen LogP contribution in [0.2, 0.25) is 4.34 Å². The standard InChI is InChI=1S/C12H16ClNO2S/c1-3-16-12(15)5-4-8-14(2)9-10-6-7-11(13)17-10/h4-7H,3,8-9H2,1-2H3/b5-4+. The normalized spacial score (nSPS) is 11.3. The lowest BCUT2D eigenvalue weighted by Gasteiger charge is -2.12. The van der Waals surface area contributed by atoms with Gasteiger partial charge in [-0.2, -0.15) is 0 Å². The summed E-state index contributed by atoms with van der Waals surface area (Å²) in [6.45, 7) is 3.73. The number of nitrogens with zero attached hydrogens (tertiary/aromatic N) is 1. The van der Waals surface area contributed by atoms with Crippen LogP contribution < -0.4 is 0 Å². The van der Waals surface area contributed by atoms with E-state index in [1.54, 1.807) is 24.3 Å². The highest BCUT2D eigenvalue weighted by Crippen LogP contribution is 2.22. The first-order chi connectivity index (χ1) is 8.11. The number of halogens is 1. The van der Waals surface area contributed by atoms with Gasteiger partial charge in [0.1, 0.15) is 0 Å². The van der Waals surface area contributed by atoms with Gasteiger partial charge < -0.3 is 4.74 Å². The molecule has 0 saturated carbocycles. The molecule has 0 N–H and O–H groups in total.